The predicted molar refractivity (Wildman–Crippen MR) is 49.8 cm³/mol. The van der Waals surface area contributed by atoms with Gasteiger partial charge in [-0.2, -0.15) is 0 Å². The topological polar surface area (TPSA) is 65.2 Å². The van der Waals surface area contributed by atoms with Crippen LogP contribution in [0.1, 0.15) is 5.56 Å². The van der Waals surface area contributed by atoms with Gasteiger partial charge in [0.2, 0.25) is 5.76 Å². The molecule has 0 unspecified atom stereocenters. The zero-order valence-electron chi connectivity index (χ0n) is 6.66. The van der Waals surface area contributed by atoms with Gasteiger partial charge >= 0.3 is 0 Å². The zero-order chi connectivity index (χ0) is 9.26. The molecule has 0 amide bonds. The summed E-state index contributed by atoms with van der Waals surface area (Å²) in [6.07, 6.45) is 1.59. The van der Waals surface area contributed by atoms with Crippen LogP contribution in [0.3, 0.4) is 0 Å². The lowest BCUT2D eigenvalue weighted by Gasteiger charge is -1.92. The minimum absolute atomic E-state index is 0.386. The van der Waals surface area contributed by atoms with E-state index in [0.29, 0.717) is 22.7 Å². The van der Waals surface area contributed by atoms with Crippen molar-refractivity contribution in [3.8, 4) is 11.5 Å². The molecule has 2 aromatic rings. The summed E-state index contributed by atoms with van der Waals surface area (Å²) < 4.78 is 11.0. The molecule has 2 N–H and O–H groups in total. The van der Waals surface area contributed by atoms with Gasteiger partial charge in [0.1, 0.15) is 0 Å². The maximum atomic E-state index is 5.49. The van der Waals surface area contributed by atoms with Gasteiger partial charge in [-0.25, -0.2) is 0 Å². The van der Waals surface area contributed by atoms with E-state index in [-0.39, 0.29) is 0 Å². The first-order valence-electron chi connectivity index (χ1n) is 3.70. The van der Waals surface area contributed by atoms with Gasteiger partial charge in [-0.15, -0.1) is 0 Å². The number of nitrogens with zero attached hydrogens (tertiary/aromatic N) is 1. The number of aromatic nitrogens is 1. The smallest absolute Gasteiger partial charge is 0.206 e. The highest BCUT2D eigenvalue weighted by Crippen LogP contribution is 2.27. The van der Waals surface area contributed by atoms with Gasteiger partial charge in [0.25, 0.3) is 0 Å². The fourth-order valence-electron chi connectivity index (χ4n) is 1.04. The van der Waals surface area contributed by atoms with Gasteiger partial charge in [0.05, 0.1) is 6.20 Å². The molecule has 4 nitrogen and oxygen atoms in total. The first-order chi connectivity index (χ1) is 6.31. The Kier molecular flexibility index (Phi) is 2.20. The van der Waals surface area contributed by atoms with Crippen molar-refractivity contribution >= 4 is 15.9 Å². The highest BCUT2D eigenvalue weighted by atomic mass is 79.9. The summed E-state index contributed by atoms with van der Waals surface area (Å²) in [6, 6.07) is 3.59. The van der Waals surface area contributed by atoms with Crippen molar-refractivity contribution in [3.05, 3.63) is 28.6 Å². The fraction of sp³-hybridized carbons (Fsp3) is 0.125. The summed E-state index contributed by atoms with van der Waals surface area (Å²) in [5, 5.41) is 3.65. The first-order valence-corrected chi connectivity index (χ1v) is 4.50. The van der Waals surface area contributed by atoms with Crippen LogP contribution in [-0.4, -0.2) is 5.16 Å². The van der Waals surface area contributed by atoms with Gasteiger partial charge in [-0.05, 0) is 28.1 Å². The Balaban J connectivity index is 2.45. The molecular formula is C8H7BrN2O2. The van der Waals surface area contributed by atoms with Gasteiger partial charge in [-0.1, -0.05) is 5.16 Å². The number of hydrogen-bond donors (Lipinski definition) is 1. The summed E-state index contributed by atoms with van der Waals surface area (Å²) in [5.41, 5.74) is 6.32. The van der Waals surface area contributed by atoms with Crippen LogP contribution in [0.2, 0.25) is 0 Å². The lowest BCUT2D eigenvalue weighted by molar-refractivity contribution is 0.415. The van der Waals surface area contributed by atoms with E-state index in [0.717, 1.165) is 5.56 Å². The summed E-state index contributed by atoms with van der Waals surface area (Å²) in [6.45, 7) is 0.386. The van der Waals surface area contributed by atoms with Gasteiger partial charge < -0.3 is 14.7 Å². The van der Waals surface area contributed by atoms with E-state index in [1.54, 1.807) is 18.3 Å². The largest absolute Gasteiger partial charge is 0.446 e. The predicted octanol–water partition coefficient (Wildman–Crippen LogP) is 2.16. The molecule has 2 aromatic heterocycles. The molecule has 0 aliphatic heterocycles. The maximum Gasteiger partial charge on any atom is 0.206 e. The van der Waals surface area contributed by atoms with Gasteiger partial charge in [0.15, 0.2) is 10.4 Å². The second kappa shape index (κ2) is 3.35. The monoisotopic (exact) mass is 242 g/mol. The number of halogens is 1. The van der Waals surface area contributed by atoms with Crippen molar-refractivity contribution in [1.82, 2.24) is 5.16 Å². The SMILES string of the molecule is NCc1cnoc1-c1ccc(Br)o1. The molecule has 0 saturated carbocycles. The molecule has 0 fully saturated rings. The molecule has 2 rings (SSSR count). The van der Waals surface area contributed by atoms with Crippen LogP contribution >= 0.6 is 15.9 Å². The van der Waals surface area contributed by atoms with E-state index in [9.17, 15) is 0 Å². The van der Waals surface area contributed by atoms with E-state index >= 15 is 0 Å². The lowest BCUT2D eigenvalue weighted by Crippen LogP contribution is -1.95. The Morgan fingerprint density at radius 3 is 2.92 bits per heavy atom. The molecule has 13 heavy (non-hydrogen) atoms. The van der Waals surface area contributed by atoms with Crippen LogP contribution < -0.4 is 5.73 Å². The number of furan rings is 1. The maximum absolute atomic E-state index is 5.49. The average Bonchev–Trinajstić information content (AvgIpc) is 2.71. The standard InChI is InChI=1S/C8H7BrN2O2/c9-7-2-1-6(12-7)8-5(3-10)4-11-13-8/h1-2,4H,3,10H2. The van der Waals surface area contributed by atoms with Gasteiger partial charge in [0, 0.05) is 12.1 Å². The summed E-state index contributed by atoms with van der Waals surface area (Å²) in [7, 11) is 0. The van der Waals surface area contributed by atoms with Crippen molar-refractivity contribution in [1.29, 1.82) is 0 Å². The molecule has 2 heterocycles. The van der Waals surface area contributed by atoms with Crippen molar-refractivity contribution in [2.45, 2.75) is 6.54 Å². The third-order valence-corrected chi connectivity index (χ3v) is 2.09. The van der Waals surface area contributed by atoms with E-state index in [4.69, 9.17) is 14.7 Å². The minimum atomic E-state index is 0.386. The van der Waals surface area contributed by atoms with E-state index in [1.165, 1.54) is 0 Å². The molecule has 68 valence electrons. The number of hydrogen-bond acceptors (Lipinski definition) is 4. The van der Waals surface area contributed by atoms with Crippen LogP contribution in [0.5, 0.6) is 0 Å². The molecule has 0 aliphatic carbocycles. The Hall–Kier alpha value is -1.07. The minimum Gasteiger partial charge on any atom is -0.446 e. The fourth-order valence-corrected chi connectivity index (χ4v) is 1.35. The Bertz CT molecular complexity index is 408. The quantitative estimate of drug-likeness (QED) is 0.877. The third-order valence-electron chi connectivity index (χ3n) is 1.66. The van der Waals surface area contributed by atoms with Crippen molar-refractivity contribution < 1.29 is 8.94 Å². The number of rotatable bonds is 2. The van der Waals surface area contributed by atoms with Crippen molar-refractivity contribution in [3.63, 3.8) is 0 Å². The lowest BCUT2D eigenvalue weighted by atomic mass is 10.2. The molecule has 0 saturated heterocycles. The Morgan fingerprint density at radius 1 is 1.46 bits per heavy atom. The Labute approximate surface area is 82.8 Å². The summed E-state index contributed by atoms with van der Waals surface area (Å²) >= 11 is 3.20. The Morgan fingerprint density at radius 2 is 2.31 bits per heavy atom. The number of nitrogens with two attached hydrogens (primary N) is 1. The van der Waals surface area contributed by atoms with E-state index in [1.807, 2.05) is 0 Å². The highest BCUT2D eigenvalue weighted by Gasteiger charge is 2.12. The van der Waals surface area contributed by atoms with Crippen LogP contribution in [0.25, 0.3) is 11.5 Å². The molecule has 5 heteroatoms. The van der Waals surface area contributed by atoms with Crippen molar-refractivity contribution in [2.24, 2.45) is 5.73 Å². The summed E-state index contributed by atoms with van der Waals surface area (Å²) in [5.74, 6) is 1.22. The van der Waals surface area contributed by atoms with Crippen molar-refractivity contribution in [2.75, 3.05) is 0 Å². The second-order valence-corrected chi connectivity index (χ2v) is 3.27. The molecule has 0 radical (unpaired) electrons. The average molecular weight is 243 g/mol. The van der Waals surface area contributed by atoms with Crippen LogP contribution in [0.15, 0.2) is 31.9 Å². The molecular weight excluding hydrogens is 236 g/mol. The van der Waals surface area contributed by atoms with E-state index in [2.05, 4.69) is 21.1 Å². The molecule has 0 bridgehead atoms. The summed E-state index contributed by atoms with van der Waals surface area (Å²) in [4.78, 5) is 0. The normalized spacial score (nSPS) is 10.6. The molecule has 0 aliphatic rings. The molecule has 0 aromatic carbocycles. The van der Waals surface area contributed by atoms with Gasteiger partial charge in [-0.3, -0.25) is 0 Å². The first kappa shape index (κ1) is 8.52. The molecule has 0 atom stereocenters. The van der Waals surface area contributed by atoms with Crippen LogP contribution in [0.4, 0.5) is 0 Å². The zero-order valence-corrected chi connectivity index (χ0v) is 8.24. The highest BCUT2D eigenvalue weighted by molar-refractivity contribution is 9.10. The second-order valence-electron chi connectivity index (χ2n) is 2.49. The third kappa shape index (κ3) is 1.52. The van der Waals surface area contributed by atoms with E-state index < -0.39 is 0 Å². The molecule has 0 spiro atoms. The van der Waals surface area contributed by atoms with Crippen LogP contribution in [-0.2, 0) is 6.54 Å². The van der Waals surface area contributed by atoms with Crippen LogP contribution in [0, 0.1) is 0 Å².